The summed E-state index contributed by atoms with van der Waals surface area (Å²) >= 11 is 0. The van der Waals surface area contributed by atoms with Crippen molar-refractivity contribution >= 4 is 11.9 Å². The van der Waals surface area contributed by atoms with Crippen LogP contribution in [0.15, 0.2) is 28.7 Å². The molecule has 1 N–H and O–H groups in total. The number of carboxylic acid groups (broad SMARTS) is 1. The average Bonchev–Trinajstić information content (AvgIpc) is 2.82. The number of aryl methyl sites for hydroxylation is 2. The first-order valence-corrected chi connectivity index (χ1v) is 6.64. The molecule has 5 nitrogen and oxygen atoms in total. The maximum atomic E-state index is 13.2. The molecule has 22 heavy (non-hydrogen) atoms. The van der Waals surface area contributed by atoms with Crippen molar-refractivity contribution in [1.82, 2.24) is 4.90 Å². The molecule has 0 unspecified atom stereocenters. The Bertz CT molecular complexity index is 736. The van der Waals surface area contributed by atoms with Crippen molar-refractivity contribution in [2.45, 2.75) is 20.4 Å². The molecular weight excluding hydrogens is 289 g/mol. The number of hydrogen-bond acceptors (Lipinski definition) is 3. The normalized spacial score (nSPS) is 10.5. The summed E-state index contributed by atoms with van der Waals surface area (Å²) in [6, 6.07) is 5.54. The van der Waals surface area contributed by atoms with Gasteiger partial charge in [-0.3, -0.25) is 4.79 Å². The quantitative estimate of drug-likeness (QED) is 0.942. The first kappa shape index (κ1) is 15.8. The second-order valence-corrected chi connectivity index (χ2v) is 5.11. The molecule has 1 aromatic heterocycles. The monoisotopic (exact) mass is 305 g/mol. The van der Waals surface area contributed by atoms with Gasteiger partial charge in [-0.1, -0.05) is 0 Å². The molecular formula is C16H16FNO4. The fourth-order valence-electron chi connectivity index (χ4n) is 2.14. The van der Waals surface area contributed by atoms with Crippen molar-refractivity contribution in [2.75, 3.05) is 7.05 Å². The van der Waals surface area contributed by atoms with Crippen LogP contribution in [0.25, 0.3) is 0 Å². The standard InChI is InChI=1S/C16H16FNO4/c1-9-6-11(4-5-14(9)17)15(19)18(3)8-12-7-13(16(20)21)10(2)22-12/h4-7H,8H2,1-3H3,(H,20,21). The third kappa shape index (κ3) is 3.16. The molecule has 0 spiro atoms. The van der Waals surface area contributed by atoms with Crippen molar-refractivity contribution in [3.63, 3.8) is 0 Å². The lowest BCUT2D eigenvalue weighted by molar-refractivity contribution is 0.0694. The zero-order chi connectivity index (χ0) is 16.4. The van der Waals surface area contributed by atoms with E-state index in [1.807, 2.05) is 0 Å². The molecule has 0 saturated carbocycles. The number of furan rings is 1. The van der Waals surface area contributed by atoms with Crippen molar-refractivity contribution < 1.29 is 23.5 Å². The Morgan fingerprint density at radius 2 is 1.95 bits per heavy atom. The second-order valence-electron chi connectivity index (χ2n) is 5.11. The van der Waals surface area contributed by atoms with Crippen LogP contribution >= 0.6 is 0 Å². The molecule has 0 radical (unpaired) electrons. The number of hydrogen-bond donors (Lipinski definition) is 1. The van der Waals surface area contributed by atoms with Gasteiger partial charge in [-0.25, -0.2) is 9.18 Å². The van der Waals surface area contributed by atoms with Gasteiger partial charge >= 0.3 is 5.97 Å². The summed E-state index contributed by atoms with van der Waals surface area (Å²) in [6.45, 7) is 3.27. The summed E-state index contributed by atoms with van der Waals surface area (Å²) in [6.07, 6.45) is 0. The second kappa shape index (κ2) is 6.01. The van der Waals surface area contributed by atoms with E-state index >= 15 is 0 Å². The zero-order valence-corrected chi connectivity index (χ0v) is 12.5. The number of aromatic carboxylic acids is 1. The van der Waals surface area contributed by atoms with Gasteiger partial charge in [0.2, 0.25) is 0 Å². The Morgan fingerprint density at radius 1 is 1.27 bits per heavy atom. The maximum absolute atomic E-state index is 13.2. The smallest absolute Gasteiger partial charge is 0.339 e. The Morgan fingerprint density at radius 3 is 2.50 bits per heavy atom. The summed E-state index contributed by atoms with van der Waals surface area (Å²) in [5.74, 6) is -1.07. The van der Waals surface area contributed by atoms with Gasteiger partial charge in [-0.05, 0) is 43.7 Å². The maximum Gasteiger partial charge on any atom is 0.339 e. The number of carbonyl (C=O) groups is 2. The molecule has 116 valence electrons. The minimum atomic E-state index is -1.07. The van der Waals surface area contributed by atoms with E-state index in [1.54, 1.807) is 20.9 Å². The Balaban J connectivity index is 2.16. The summed E-state index contributed by atoms with van der Waals surface area (Å²) in [4.78, 5) is 24.6. The average molecular weight is 305 g/mol. The van der Waals surface area contributed by atoms with Gasteiger partial charge in [-0.15, -0.1) is 0 Å². The Labute approximate surface area is 127 Å². The lowest BCUT2D eigenvalue weighted by Crippen LogP contribution is -2.26. The van der Waals surface area contributed by atoms with Gasteiger partial charge in [0.05, 0.1) is 6.54 Å². The van der Waals surface area contributed by atoms with E-state index in [0.717, 1.165) is 0 Å². The van der Waals surface area contributed by atoms with Crippen LogP contribution in [0.5, 0.6) is 0 Å². The Hall–Kier alpha value is -2.63. The molecule has 0 atom stereocenters. The highest BCUT2D eigenvalue weighted by Gasteiger charge is 2.18. The highest BCUT2D eigenvalue weighted by molar-refractivity contribution is 5.94. The number of carboxylic acids is 1. The minimum absolute atomic E-state index is 0.0773. The molecule has 2 aromatic rings. The predicted molar refractivity (Wildman–Crippen MR) is 77.3 cm³/mol. The SMILES string of the molecule is Cc1cc(C(=O)N(C)Cc2cc(C(=O)O)c(C)o2)ccc1F. The molecule has 1 aromatic carbocycles. The lowest BCUT2D eigenvalue weighted by Gasteiger charge is -2.16. The zero-order valence-electron chi connectivity index (χ0n) is 12.5. The van der Waals surface area contributed by atoms with Crippen molar-refractivity contribution in [2.24, 2.45) is 0 Å². The van der Waals surface area contributed by atoms with Gasteiger partial charge in [-0.2, -0.15) is 0 Å². The fraction of sp³-hybridized carbons (Fsp3) is 0.250. The highest BCUT2D eigenvalue weighted by Crippen LogP contribution is 2.17. The molecule has 1 heterocycles. The molecule has 0 aliphatic rings. The number of halogens is 1. The van der Waals surface area contributed by atoms with Crippen LogP contribution in [0.1, 0.15) is 37.8 Å². The molecule has 2 rings (SSSR count). The van der Waals surface area contributed by atoms with Crippen molar-refractivity contribution in [3.05, 3.63) is 58.3 Å². The molecule has 0 fully saturated rings. The summed E-state index contributed by atoms with van der Waals surface area (Å²) < 4.78 is 18.6. The van der Waals surface area contributed by atoms with Gasteiger partial charge in [0.1, 0.15) is 22.9 Å². The number of nitrogens with zero attached hydrogens (tertiary/aromatic N) is 1. The molecule has 1 amide bonds. The van der Waals surface area contributed by atoms with Crippen molar-refractivity contribution in [1.29, 1.82) is 0 Å². The third-order valence-electron chi connectivity index (χ3n) is 3.34. The van der Waals surface area contributed by atoms with Crippen LogP contribution in [0.4, 0.5) is 4.39 Å². The summed E-state index contributed by atoms with van der Waals surface area (Å²) in [7, 11) is 1.57. The van der Waals surface area contributed by atoms with Crippen LogP contribution < -0.4 is 0 Å². The van der Waals surface area contributed by atoms with Gasteiger partial charge in [0.15, 0.2) is 0 Å². The van der Waals surface area contributed by atoms with Crippen molar-refractivity contribution in [3.8, 4) is 0 Å². The topological polar surface area (TPSA) is 70.8 Å². The van der Waals surface area contributed by atoms with Crippen LogP contribution in [0, 0.1) is 19.7 Å². The lowest BCUT2D eigenvalue weighted by atomic mass is 10.1. The van der Waals surface area contributed by atoms with Crippen LogP contribution in [-0.4, -0.2) is 28.9 Å². The minimum Gasteiger partial charge on any atom is -0.478 e. The first-order chi connectivity index (χ1) is 10.3. The van der Waals surface area contributed by atoms with E-state index in [0.29, 0.717) is 22.6 Å². The van der Waals surface area contributed by atoms with Crippen LogP contribution in [0.2, 0.25) is 0 Å². The fourth-order valence-corrected chi connectivity index (χ4v) is 2.14. The van der Waals surface area contributed by atoms with Gasteiger partial charge < -0.3 is 14.4 Å². The molecule has 0 bridgehead atoms. The summed E-state index contributed by atoms with van der Waals surface area (Å²) in [5, 5.41) is 8.98. The van der Waals surface area contributed by atoms with E-state index < -0.39 is 5.97 Å². The van der Waals surface area contributed by atoms with E-state index in [-0.39, 0.29) is 23.8 Å². The molecule has 6 heteroatoms. The molecule has 0 aliphatic heterocycles. The largest absolute Gasteiger partial charge is 0.478 e. The van der Waals surface area contributed by atoms with E-state index in [1.165, 1.54) is 29.2 Å². The number of amides is 1. The van der Waals surface area contributed by atoms with Gasteiger partial charge in [0.25, 0.3) is 5.91 Å². The number of rotatable bonds is 4. The number of benzene rings is 1. The van der Waals surface area contributed by atoms with Gasteiger partial charge in [0, 0.05) is 12.6 Å². The first-order valence-electron chi connectivity index (χ1n) is 6.64. The van der Waals surface area contributed by atoms with E-state index in [9.17, 15) is 14.0 Å². The van der Waals surface area contributed by atoms with Crippen LogP contribution in [-0.2, 0) is 6.54 Å². The van der Waals surface area contributed by atoms with Crippen LogP contribution in [0.3, 0.4) is 0 Å². The van der Waals surface area contributed by atoms with E-state index in [4.69, 9.17) is 9.52 Å². The summed E-state index contributed by atoms with van der Waals surface area (Å²) in [5.41, 5.74) is 0.831. The number of carbonyl (C=O) groups excluding carboxylic acids is 1. The predicted octanol–water partition coefficient (Wildman–Crippen LogP) is 3.01. The molecule has 0 aliphatic carbocycles. The molecule has 0 saturated heterocycles. The van der Waals surface area contributed by atoms with E-state index in [2.05, 4.69) is 0 Å². The third-order valence-corrected chi connectivity index (χ3v) is 3.34. The highest BCUT2D eigenvalue weighted by atomic mass is 19.1. The Kier molecular flexibility index (Phi) is 4.30.